The van der Waals surface area contributed by atoms with Crippen molar-refractivity contribution in [3.8, 4) is 34.2 Å². The molecule has 4 amide bonds. The smallest absolute Gasteiger partial charge is 0.423 e. The number of nitro groups is 3. The molecule has 29 nitrogen and oxygen atoms in total. The van der Waals surface area contributed by atoms with Gasteiger partial charge < -0.3 is 47.5 Å². The summed E-state index contributed by atoms with van der Waals surface area (Å²) < 4.78 is 50.9. The maximum atomic E-state index is 13.0. The van der Waals surface area contributed by atoms with E-state index in [2.05, 4.69) is 50.8 Å². The first-order valence-corrected chi connectivity index (χ1v) is 27.6. The highest BCUT2D eigenvalue weighted by molar-refractivity contribution is 6.58. The maximum Gasteiger partial charge on any atom is 0.488 e. The number of urea groups is 2. The molecule has 8 aromatic rings. The van der Waals surface area contributed by atoms with Gasteiger partial charge in [0.05, 0.1) is 26.7 Å². The first kappa shape index (κ1) is 71.1. The van der Waals surface area contributed by atoms with Gasteiger partial charge in [-0.2, -0.15) is 0 Å². The third kappa shape index (κ3) is 22.8. The number of amides is 4. The van der Waals surface area contributed by atoms with Crippen LogP contribution in [-0.4, -0.2) is 140 Å². The van der Waals surface area contributed by atoms with Crippen LogP contribution in [0.2, 0.25) is 5.15 Å². The summed E-state index contributed by atoms with van der Waals surface area (Å²) in [5.74, 6) is -1.04. The van der Waals surface area contributed by atoms with Gasteiger partial charge in [0.1, 0.15) is 40.8 Å². The van der Waals surface area contributed by atoms with Crippen LogP contribution in [0.3, 0.4) is 0 Å². The monoisotopic (exact) mass is 1280 g/mol. The van der Waals surface area contributed by atoms with E-state index >= 15 is 0 Å². The van der Waals surface area contributed by atoms with Gasteiger partial charge >= 0.3 is 36.2 Å². The minimum Gasteiger partial charge on any atom is -0.423 e. The molecule has 7 heterocycles. The zero-order chi connectivity index (χ0) is 66.6. The van der Waals surface area contributed by atoms with E-state index in [-0.39, 0.29) is 74.9 Å². The highest BCUT2D eigenvalue weighted by Crippen LogP contribution is 2.27. The molecule has 3 aliphatic heterocycles. The average Bonchev–Trinajstić information content (AvgIpc) is 2.63. The number of aromatic nitrogens is 7. The number of hydrogen-bond acceptors (Lipinski definition) is 22. The zero-order valence-electron chi connectivity index (χ0n) is 48.3. The summed E-state index contributed by atoms with van der Waals surface area (Å²) in [4.78, 5) is 84.9. The van der Waals surface area contributed by atoms with E-state index in [1.165, 1.54) is 129 Å². The molecule has 0 bridgehead atoms. The predicted octanol–water partition coefficient (Wildman–Crippen LogP) is 7.79. The van der Waals surface area contributed by atoms with Crippen LogP contribution in [0.4, 0.5) is 73.2 Å². The number of likely N-dealkylation sites (tertiary alicyclic amines) is 2. The number of benzene rings is 4. The summed E-state index contributed by atoms with van der Waals surface area (Å²) in [6.45, 7) is 5.19. The molecule has 0 aliphatic carbocycles. The molecular weight excluding hydrogens is 1220 g/mol. The molecule has 4 aromatic heterocycles. The van der Waals surface area contributed by atoms with Gasteiger partial charge in [-0.05, 0) is 148 Å². The normalized spacial score (nSPS) is 12.5. The lowest BCUT2D eigenvalue weighted by molar-refractivity contribution is -0.384. The number of hydrogen-bond donors (Lipinski definition) is 9. The number of anilines is 5. The molecule has 3 aliphatic rings. The van der Waals surface area contributed by atoms with E-state index in [1.54, 1.807) is 21.9 Å². The Labute approximate surface area is 521 Å². The molecule has 35 heteroatoms. The van der Waals surface area contributed by atoms with Crippen LogP contribution in [0.25, 0.3) is 34.2 Å². The molecule has 3 fully saturated rings. The Morgan fingerprint density at radius 3 is 1.25 bits per heavy atom. The van der Waals surface area contributed by atoms with Crippen LogP contribution in [0.1, 0.15) is 38.5 Å². The fraction of sp³-hybridized carbons (Fsp3) is 0.232. The Hall–Kier alpha value is -10.7. The Morgan fingerprint density at radius 2 is 0.879 bits per heavy atom. The summed E-state index contributed by atoms with van der Waals surface area (Å²) in [6, 6.07) is 23.5. The van der Waals surface area contributed by atoms with Crippen LogP contribution >= 0.6 is 11.6 Å². The number of rotatable bonds is 9. The number of nitrogens with zero attached hydrogens (tertiary/aromatic N) is 12. The maximum absolute atomic E-state index is 13.0. The van der Waals surface area contributed by atoms with E-state index in [9.17, 15) is 57.5 Å². The van der Waals surface area contributed by atoms with Crippen LogP contribution in [0.5, 0.6) is 0 Å². The average molecular weight is 1280 g/mol. The highest BCUT2D eigenvalue weighted by Gasteiger charge is 2.25. The standard InChI is InChI=1S/C15H14FN5O3.C15H16FN5O.C10H7FN4O2.C6H6BFO2.C5H4ClN3O2.C4H9N.CH4O/c16-11-5-3-10(4-6-11)13-17-9-12(21(23)24)14(18-13)19-15(22)20-7-1-2-8-20;16-11-5-3-10(4-6-11)13-18-9-12(17)14(19-13)20-15(22)21-7-1-2-8-21;11-7-3-1-6(2-4-7)10-13-5-8(15(16)17)9(12)14-10;8-6-3-1-5(2-4-6)7(9)10;6-4-2-1-3(9(10)11)5(7)8-4;1-2-4-5-3-1;1-2/h3-6,9H,1-2,7-8H2,(H,17,18,19,22);3-6,9H,1-2,7-8,17H2,(H,18,19,20,22);1-5H,(H2,12,13,14);1-4,9-10H;1-2H,(H2,7,8);5H,1-4H2;2H,1H3. The summed E-state index contributed by atoms with van der Waals surface area (Å²) >= 11 is 5.41. The lowest BCUT2D eigenvalue weighted by Crippen LogP contribution is -2.32. The van der Waals surface area contributed by atoms with Gasteiger partial charge in [-0.1, -0.05) is 23.7 Å². The Morgan fingerprint density at radius 1 is 0.516 bits per heavy atom. The highest BCUT2D eigenvalue weighted by atomic mass is 35.5. The number of nitrogens with one attached hydrogen (secondary N) is 3. The molecule has 0 saturated carbocycles. The third-order valence-electron chi connectivity index (χ3n) is 12.5. The van der Waals surface area contributed by atoms with Crippen molar-refractivity contribution in [2.45, 2.75) is 38.5 Å². The molecule has 12 N–H and O–H groups in total. The summed E-state index contributed by atoms with van der Waals surface area (Å²) in [7, 11) is -0.513. The predicted molar refractivity (Wildman–Crippen MR) is 331 cm³/mol. The second kappa shape index (κ2) is 36.0. The van der Waals surface area contributed by atoms with Crippen LogP contribution in [0, 0.1) is 53.6 Å². The van der Waals surface area contributed by atoms with Crippen molar-refractivity contribution in [2.75, 3.05) is 74.2 Å². The van der Waals surface area contributed by atoms with Crippen LogP contribution < -0.4 is 38.6 Å². The number of nitrogen functional groups attached to an aromatic ring is 3. The molecule has 91 heavy (non-hydrogen) atoms. The molecule has 0 unspecified atom stereocenters. The fourth-order valence-corrected chi connectivity index (χ4v) is 8.05. The Bertz CT molecular complexity index is 3690. The second-order valence-electron chi connectivity index (χ2n) is 18.9. The zero-order valence-corrected chi connectivity index (χ0v) is 49.0. The van der Waals surface area contributed by atoms with E-state index in [0.717, 1.165) is 58.3 Å². The largest absolute Gasteiger partial charge is 0.488 e. The van der Waals surface area contributed by atoms with E-state index in [0.29, 0.717) is 46.8 Å². The number of aliphatic hydroxyl groups is 1. The molecule has 478 valence electrons. The lowest BCUT2D eigenvalue weighted by Gasteiger charge is -2.16. The van der Waals surface area contributed by atoms with Gasteiger partial charge in [0.15, 0.2) is 23.3 Å². The SMILES string of the molecule is C1CCNC1.CO.Nc1cnc(-c2ccc(F)cc2)nc1NC(=O)N1CCCC1.Nc1nc(-c2ccc(F)cc2)ncc1[N+](=O)[O-].Nc1nc(Cl)ccc1[N+](=O)[O-].O=C(Nc1nc(-c2ccc(F)cc2)ncc1[N+](=O)[O-])N1CCCC1.OB(O)c1ccc(F)cc1. The Balaban J connectivity index is 0.000000207. The topological polar surface area (TPSA) is 435 Å². The summed E-state index contributed by atoms with van der Waals surface area (Å²) in [5.41, 5.74) is 17.7. The van der Waals surface area contributed by atoms with E-state index in [4.69, 9.17) is 44.0 Å². The van der Waals surface area contributed by atoms with Crippen molar-refractivity contribution in [1.29, 1.82) is 0 Å². The minimum absolute atomic E-state index is 0.146. The van der Waals surface area contributed by atoms with E-state index < -0.39 is 39.4 Å². The first-order chi connectivity index (χ1) is 43.6. The third-order valence-corrected chi connectivity index (χ3v) is 12.7. The molecule has 11 rings (SSSR count). The summed E-state index contributed by atoms with van der Waals surface area (Å²) in [6.07, 6.45) is 10.1. The van der Waals surface area contributed by atoms with Crippen molar-refractivity contribution in [3.05, 3.63) is 187 Å². The minimum atomic E-state index is -1.51. The number of nitrogens with two attached hydrogens (primary N) is 3. The first-order valence-electron chi connectivity index (χ1n) is 27.2. The van der Waals surface area contributed by atoms with Crippen LogP contribution in [0.15, 0.2) is 128 Å². The summed E-state index contributed by atoms with van der Waals surface area (Å²) in [5, 5.41) is 64.5. The molecule has 0 radical (unpaired) electrons. The number of carbonyl (C=O) groups is 2. The van der Waals surface area contributed by atoms with Gasteiger partial charge in [0.2, 0.25) is 17.5 Å². The number of carbonyl (C=O) groups excluding carboxylic acids is 2. The Kier molecular flexibility index (Phi) is 28.1. The molecule has 3 saturated heterocycles. The second-order valence-corrected chi connectivity index (χ2v) is 19.2. The quantitative estimate of drug-likeness (QED) is 0.0219. The van der Waals surface area contributed by atoms with E-state index in [1.807, 2.05) is 0 Å². The molecular formula is C56H60BClF4N18O11. The van der Waals surface area contributed by atoms with Crippen LogP contribution in [-0.2, 0) is 0 Å². The van der Waals surface area contributed by atoms with Gasteiger partial charge in [0, 0.05) is 56.0 Å². The fourth-order valence-electron chi connectivity index (χ4n) is 7.89. The molecule has 0 spiro atoms. The lowest BCUT2D eigenvalue weighted by atomic mass is 9.80. The number of aliphatic hydroxyl groups excluding tert-OH is 1. The van der Waals surface area contributed by atoms with Crippen molar-refractivity contribution in [3.63, 3.8) is 0 Å². The molecule has 4 aromatic carbocycles. The van der Waals surface area contributed by atoms with Gasteiger partial charge in [-0.25, -0.2) is 62.0 Å². The van der Waals surface area contributed by atoms with Crippen molar-refractivity contribution < 1.29 is 57.1 Å². The number of halogens is 5. The van der Waals surface area contributed by atoms with Crippen molar-refractivity contribution in [2.24, 2.45) is 0 Å². The molecule has 0 atom stereocenters. The van der Waals surface area contributed by atoms with Gasteiger partial charge in [0.25, 0.3) is 0 Å². The van der Waals surface area contributed by atoms with Gasteiger partial charge in [-0.3, -0.25) is 41.0 Å². The van der Waals surface area contributed by atoms with Gasteiger partial charge in [-0.15, -0.1) is 0 Å². The van der Waals surface area contributed by atoms with Crippen molar-refractivity contribution >= 4 is 82.3 Å². The van der Waals surface area contributed by atoms with Crippen molar-refractivity contribution in [1.82, 2.24) is 50.0 Å². The number of pyridine rings is 1.